The van der Waals surface area contributed by atoms with Crippen LogP contribution in [0.1, 0.15) is 34.6 Å². The Bertz CT molecular complexity index is 267. The van der Waals surface area contributed by atoms with E-state index in [0.717, 1.165) is 0 Å². The third-order valence-electron chi connectivity index (χ3n) is 3.06. The van der Waals surface area contributed by atoms with Gasteiger partial charge in [0.2, 0.25) is 0 Å². The average molecular weight is 271 g/mol. The molecule has 4 nitrogen and oxygen atoms in total. The number of nitrogens with zero attached hydrogens (tertiary/aromatic N) is 1. The molecule has 0 aliphatic carbocycles. The Kier molecular flexibility index (Phi) is 9.53. The molecule has 0 radical (unpaired) electrons. The lowest BCUT2D eigenvalue weighted by Gasteiger charge is -2.36. The van der Waals surface area contributed by atoms with Crippen molar-refractivity contribution in [3.63, 3.8) is 0 Å². The molecule has 0 aliphatic rings. The molecule has 0 spiro atoms. The first-order valence-corrected chi connectivity index (χ1v) is 7.12. The van der Waals surface area contributed by atoms with Crippen LogP contribution in [0, 0.1) is 11.8 Å². The van der Waals surface area contributed by atoms with Crippen molar-refractivity contribution in [1.29, 1.82) is 0 Å². The SMILES string of the molecule is CCOC(=O)/C=C/CN(CCO)C(C(C)C)C(C)C. The van der Waals surface area contributed by atoms with Gasteiger partial charge in [-0.15, -0.1) is 0 Å². The second-order valence-electron chi connectivity index (χ2n) is 5.35. The fraction of sp³-hybridized carbons (Fsp3) is 0.800. The number of carbonyl (C=O) groups excluding carboxylic acids is 1. The van der Waals surface area contributed by atoms with Crippen LogP contribution in [0.3, 0.4) is 0 Å². The van der Waals surface area contributed by atoms with Crippen molar-refractivity contribution in [3.8, 4) is 0 Å². The fourth-order valence-electron chi connectivity index (χ4n) is 2.58. The van der Waals surface area contributed by atoms with Crippen LogP contribution in [0.4, 0.5) is 0 Å². The van der Waals surface area contributed by atoms with E-state index in [1.807, 2.05) is 6.08 Å². The van der Waals surface area contributed by atoms with E-state index in [0.29, 0.717) is 37.6 Å². The first kappa shape index (κ1) is 18.1. The number of rotatable bonds is 9. The predicted octanol–water partition coefficient (Wildman–Crippen LogP) is 2.08. The molecular formula is C15H29NO3. The summed E-state index contributed by atoms with van der Waals surface area (Å²) in [4.78, 5) is 13.5. The van der Waals surface area contributed by atoms with Crippen molar-refractivity contribution in [2.75, 3.05) is 26.3 Å². The van der Waals surface area contributed by atoms with Gasteiger partial charge in [-0.1, -0.05) is 33.8 Å². The minimum absolute atomic E-state index is 0.128. The maximum Gasteiger partial charge on any atom is 0.330 e. The summed E-state index contributed by atoms with van der Waals surface area (Å²) in [5.41, 5.74) is 0. The van der Waals surface area contributed by atoms with Crippen molar-refractivity contribution in [2.45, 2.75) is 40.7 Å². The quantitative estimate of drug-likeness (QED) is 0.515. The van der Waals surface area contributed by atoms with Crippen molar-refractivity contribution in [3.05, 3.63) is 12.2 Å². The Balaban J connectivity index is 4.58. The van der Waals surface area contributed by atoms with E-state index in [1.165, 1.54) is 6.08 Å². The smallest absolute Gasteiger partial charge is 0.330 e. The molecule has 0 bridgehead atoms. The lowest BCUT2D eigenvalue weighted by atomic mass is 9.91. The van der Waals surface area contributed by atoms with Gasteiger partial charge in [-0.05, 0) is 18.8 Å². The molecule has 0 heterocycles. The Hall–Kier alpha value is -0.870. The van der Waals surface area contributed by atoms with Gasteiger partial charge in [0, 0.05) is 25.2 Å². The summed E-state index contributed by atoms with van der Waals surface area (Å²) in [6.45, 7) is 12.3. The minimum atomic E-state index is -0.308. The molecule has 4 heteroatoms. The van der Waals surface area contributed by atoms with Gasteiger partial charge < -0.3 is 9.84 Å². The number of aliphatic hydroxyl groups is 1. The Morgan fingerprint density at radius 1 is 1.26 bits per heavy atom. The minimum Gasteiger partial charge on any atom is -0.463 e. The summed E-state index contributed by atoms with van der Waals surface area (Å²) in [6, 6.07) is 0.388. The van der Waals surface area contributed by atoms with E-state index in [2.05, 4.69) is 32.6 Å². The Labute approximate surface area is 117 Å². The molecule has 0 rings (SSSR count). The van der Waals surface area contributed by atoms with Crippen LogP contribution in [-0.4, -0.2) is 48.3 Å². The van der Waals surface area contributed by atoms with Crippen LogP contribution in [0.5, 0.6) is 0 Å². The van der Waals surface area contributed by atoms with E-state index in [-0.39, 0.29) is 12.6 Å². The highest BCUT2D eigenvalue weighted by atomic mass is 16.5. The molecule has 0 fully saturated rings. The Morgan fingerprint density at radius 2 is 1.84 bits per heavy atom. The summed E-state index contributed by atoms with van der Waals surface area (Å²) in [5.74, 6) is 0.696. The van der Waals surface area contributed by atoms with Crippen LogP contribution < -0.4 is 0 Å². The number of ether oxygens (including phenoxy) is 1. The van der Waals surface area contributed by atoms with Gasteiger partial charge in [-0.3, -0.25) is 4.90 Å². The highest BCUT2D eigenvalue weighted by molar-refractivity contribution is 5.81. The van der Waals surface area contributed by atoms with Crippen LogP contribution in [-0.2, 0) is 9.53 Å². The predicted molar refractivity (Wildman–Crippen MR) is 77.9 cm³/mol. The summed E-state index contributed by atoms with van der Waals surface area (Å²) in [7, 11) is 0. The Morgan fingerprint density at radius 3 is 2.26 bits per heavy atom. The molecule has 1 N–H and O–H groups in total. The molecule has 0 aromatic rings. The maximum atomic E-state index is 11.2. The number of esters is 1. The summed E-state index contributed by atoms with van der Waals surface area (Å²) in [6.07, 6.45) is 3.27. The molecule has 0 aliphatic heterocycles. The first-order chi connectivity index (χ1) is 8.93. The topological polar surface area (TPSA) is 49.8 Å². The molecule has 0 atom stereocenters. The second-order valence-corrected chi connectivity index (χ2v) is 5.35. The zero-order valence-corrected chi connectivity index (χ0v) is 12.9. The van der Waals surface area contributed by atoms with E-state index in [4.69, 9.17) is 4.74 Å². The molecule has 0 unspecified atom stereocenters. The van der Waals surface area contributed by atoms with Gasteiger partial charge in [0.25, 0.3) is 0 Å². The zero-order valence-electron chi connectivity index (χ0n) is 12.9. The molecule has 19 heavy (non-hydrogen) atoms. The first-order valence-electron chi connectivity index (χ1n) is 7.12. The van der Waals surface area contributed by atoms with Crippen molar-refractivity contribution in [1.82, 2.24) is 4.90 Å². The summed E-state index contributed by atoms with van der Waals surface area (Å²) < 4.78 is 4.85. The largest absolute Gasteiger partial charge is 0.463 e. The van der Waals surface area contributed by atoms with Crippen LogP contribution in [0.2, 0.25) is 0 Å². The monoisotopic (exact) mass is 271 g/mol. The molecule has 0 amide bonds. The molecule has 0 aromatic heterocycles. The molecule has 0 saturated heterocycles. The normalized spacial score (nSPS) is 12.3. The highest BCUT2D eigenvalue weighted by Crippen LogP contribution is 2.19. The van der Waals surface area contributed by atoms with E-state index >= 15 is 0 Å². The fourth-order valence-corrected chi connectivity index (χ4v) is 2.58. The maximum absolute atomic E-state index is 11.2. The number of aliphatic hydroxyl groups excluding tert-OH is 1. The molecule has 0 aromatic carbocycles. The number of carbonyl (C=O) groups is 1. The van der Waals surface area contributed by atoms with Gasteiger partial charge in [0.1, 0.15) is 0 Å². The van der Waals surface area contributed by atoms with Gasteiger partial charge in [-0.25, -0.2) is 4.79 Å². The summed E-state index contributed by atoms with van der Waals surface area (Å²) in [5, 5.41) is 9.18. The van der Waals surface area contributed by atoms with Crippen LogP contribution in [0.15, 0.2) is 12.2 Å². The standard InChI is InChI=1S/C15H29NO3/c1-6-19-14(18)8-7-9-16(10-11-17)15(12(2)3)13(4)5/h7-8,12-13,15,17H,6,9-11H2,1-5H3/b8-7+. The van der Waals surface area contributed by atoms with Crippen molar-refractivity contribution >= 4 is 5.97 Å². The van der Waals surface area contributed by atoms with Gasteiger partial charge >= 0.3 is 5.97 Å². The van der Waals surface area contributed by atoms with Crippen molar-refractivity contribution in [2.24, 2.45) is 11.8 Å². The van der Waals surface area contributed by atoms with E-state index < -0.39 is 0 Å². The van der Waals surface area contributed by atoms with Crippen LogP contribution >= 0.6 is 0 Å². The number of hydrogen-bond donors (Lipinski definition) is 1. The average Bonchev–Trinajstić information content (AvgIpc) is 2.28. The molecule has 112 valence electrons. The third-order valence-corrected chi connectivity index (χ3v) is 3.06. The molecule has 0 saturated carbocycles. The molecular weight excluding hydrogens is 242 g/mol. The lowest BCUT2D eigenvalue weighted by Crippen LogP contribution is -2.44. The van der Waals surface area contributed by atoms with E-state index in [1.54, 1.807) is 6.92 Å². The van der Waals surface area contributed by atoms with Gasteiger partial charge in [-0.2, -0.15) is 0 Å². The highest BCUT2D eigenvalue weighted by Gasteiger charge is 2.23. The van der Waals surface area contributed by atoms with Gasteiger partial charge in [0.15, 0.2) is 0 Å². The third kappa shape index (κ3) is 7.33. The van der Waals surface area contributed by atoms with Crippen molar-refractivity contribution < 1.29 is 14.6 Å². The zero-order chi connectivity index (χ0) is 14.8. The number of hydrogen-bond acceptors (Lipinski definition) is 4. The summed E-state index contributed by atoms with van der Waals surface area (Å²) >= 11 is 0. The second kappa shape index (κ2) is 9.98. The van der Waals surface area contributed by atoms with E-state index in [9.17, 15) is 9.90 Å². The van der Waals surface area contributed by atoms with Crippen LogP contribution in [0.25, 0.3) is 0 Å². The lowest BCUT2D eigenvalue weighted by molar-refractivity contribution is -0.137. The van der Waals surface area contributed by atoms with Gasteiger partial charge in [0.05, 0.1) is 13.2 Å².